The second-order valence-corrected chi connectivity index (χ2v) is 7.60. The molecule has 3 heterocycles. The van der Waals surface area contributed by atoms with E-state index in [0.29, 0.717) is 17.1 Å². The fraction of sp³-hybridized carbons (Fsp3) is 0.571. The van der Waals surface area contributed by atoms with Gasteiger partial charge >= 0.3 is 0 Å². The fourth-order valence-electron chi connectivity index (χ4n) is 4.41. The summed E-state index contributed by atoms with van der Waals surface area (Å²) in [4.78, 5) is 15.3. The molecule has 1 amide bonds. The molecule has 7 nitrogen and oxygen atoms in total. The number of ether oxygens (including phenoxy) is 2. The summed E-state index contributed by atoms with van der Waals surface area (Å²) in [6.07, 6.45) is 6.39. The third-order valence-electron chi connectivity index (χ3n) is 5.95. The van der Waals surface area contributed by atoms with Gasteiger partial charge in [-0.1, -0.05) is 6.42 Å². The molecule has 0 radical (unpaired) electrons. The highest BCUT2D eigenvalue weighted by atomic mass is 16.5. The van der Waals surface area contributed by atoms with Crippen molar-refractivity contribution in [3.8, 4) is 11.5 Å². The summed E-state index contributed by atoms with van der Waals surface area (Å²) in [5.74, 6) is 3.31. The van der Waals surface area contributed by atoms with Gasteiger partial charge < -0.3 is 18.9 Å². The molecule has 7 heteroatoms. The van der Waals surface area contributed by atoms with E-state index in [1.54, 1.807) is 26.4 Å². The van der Waals surface area contributed by atoms with Crippen LogP contribution < -0.4 is 9.47 Å². The van der Waals surface area contributed by atoms with Gasteiger partial charge in [0.25, 0.3) is 5.91 Å². The van der Waals surface area contributed by atoms with Crippen molar-refractivity contribution >= 4 is 5.91 Å². The maximum atomic E-state index is 13.4. The number of hydrogen-bond acceptors (Lipinski definition) is 5. The molecule has 0 bridgehead atoms. The zero-order chi connectivity index (χ0) is 19.7. The Hall–Kier alpha value is -2.57. The highest BCUT2D eigenvalue weighted by molar-refractivity contribution is 5.95. The minimum absolute atomic E-state index is 0.00919. The van der Waals surface area contributed by atoms with E-state index >= 15 is 0 Å². The van der Waals surface area contributed by atoms with E-state index in [9.17, 15) is 4.79 Å². The molecule has 1 aromatic heterocycles. The van der Waals surface area contributed by atoms with E-state index in [1.165, 1.54) is 6.42 Å². The molecule has 28 heavy (non-hydrogen) atoms. The number of carbonyl (C=O) groups excluding carboxylic acids is 1. The van der Waals surface area contributed by atoms with Crippen molar-refractivity contribution in [2.75, 3.05) is 20.8 Å². The van der Waals surface area contributed by atoms with Crippen LogP contribution in [0.25, 0.3) is 0 Å². The van der Waals surface area contributed by atoms with Crippen molar-refractivity contribution in [1.82, 2.24) is 19.7 Å². The smallest absolute Gasteiger partial charge is 0.254 e. The lowest BCUT2D eigenvalue weighted by molar-refractivity contribution is 0.0726. The lowest BCUT2D eigenvalue weighted by atomic mass is 10.1. The molecule has 2 aliphatic rings. The van der Waals surface area contributed by atoms with E-state index in [-0.39, 0.29) is 11.9 Å². The minimum atomic E-state index is -0.0230. The van der Waals surface area contributed by atoms with Gasteiger partial charge in [0.05, 0.1) is 20.3 Å². The first-order chi connectivity index (χ1) is 13.6. The Morgan fingerprint density at radius 1 is 1.04 bits per heavy atom. The van der Waals surface area contributed by atoms with Crippen LogP contribution in [0.3, 0.4) is 0 Å². The van der Waals surface area contributed by atoms with Crippen LogP contribution >= 0.6 is 0 Å². The number of aryl methyl sites for hydroxylation is 1. The number of benzene rings is 1. The second kappa shape index (κ2) is 7.81. The molecule has 1 aromatic carbocycles. The topological polar surface area (TPSA) is 69.5 Å². The minimum Gasteiger partial charge on any atom is -0.496 e. The van der Waals surface area contributed by atoms with Gasteiger partial charge in [-0.15, -0.1) is 10.2 Å². The Balaban J connectivity index is 1.66. The van der Waals surface area contributed by atoms with Crippen molar-refractivity contribution < 1.29 is 14.3 Å². The molecule has 0 N–H and O–H groups in total. The van der Waals surface area contributed by atoms with Gasteiger partial charge in [0.15, 0.2) is 5.82 Å². The van der Waals surface area contributed by atoms with Crippen molar-refractivity contribution in [1.29, 1.82) is 0 Å². The standard InChI is InChI=1S/C21H28N4O3/c1-14-17(27-2)12-15(13-18(14)28-3)21(26)24-11-7-8-16(24)20-23-22-19-9-5-4-6-10-25(19)20/h12-13,16H,4-11H2,1-3H3/t16-/m0/s1. The molecule has 1 atom stereocenters. The Morgan fingerprint density at radius 3 is 2.50 bits per heavy atom. The van der Waals surface area contributed by atoms with Crippen molar-refractivity contribution in [2.24, 2.45) is 0 Å². The van der Waals surface area contributed by atoms with Crippen LogP contribution in [0.15, 0.2) is 12.1 Å². The van der Waals surface area contributed by atoms with Crippen molar-refractivity contribution in [3.05, 3.63) is 34.9 Å². The van der Waals surface area contributed by atoms with Gasteiger partial charge in [0, 0.05) is 30.6 Å². The van der Waals surface area contributed by atoms with E-state index in [0.717, 1.165) is 62.4 Å². The van der Waals surface area contributed by atoms with Gasteiger partial charge in [0.1, 0.15) is 17.3 Å². The zero-order valence-electron chi connectivity index (χ0n) is 16.9. The highest BCUT2D eigenvalue weighted by Crippen LogP contribution is 2.36. The Bertz CT molecular complexity index is 852. The molecular weight excluding hydrogens is 356 g/mol. The number of aromatic nitrogens is 3. The first kappa shape index (κ1) is 18.8. The zero-order valence-corrected chi connectivity index (χ0v) is 16.9. The molecule has 0 saturated carbocycles. The Labute approximate surface area is 165 Å². The van der Waals surface area contributed by atoms with Gasteiger partial charge in [-0.2, -0.15) is 0 Å². The summed E-state index contributed by atoms with van der Waals surface area (Å²) < 4.78 is 13.2. The summed E-state index contributed by atoms with van der Waals surface area (Å²) in [5, 5.41) is 8.93. The van der Waals surface area contributed by atoms with Crippen LogP contribution in [0.2, 0.25) is 0 Å². The third-order valence-corrected chi connectivity index (χ3v) is 5.95. The van der Waals surface area contributed by atoms with Crippen LogP contribution in [-0.2, 0) is 13.0 Å². The molecule has 1 saturated heterocycles. The molecule has 0 aliphatic carbocycles. The van der Waals surface area contributed by atoms with E-state index in [1.807, 2.05) is 11.8 Å². The Kier molecular flexibility index (Phi) is 5.24. The molecule has 0 spiro atoms. The van der Waals surface area contributed by atoms with E-state index < -0.39 is 0 Å². The lowest BCUT2D eigenvalue weighted by Crippen LogP contribution is -2.32. The van der Waals surface area contributed by atoms with E-state index in [4.69, 9.17) is 9.47 Å². The quantitative estimate of drug-likeness (QED) is 0.809. The maximum absolute atomic E-state index is 13.4. The van der Waals surface area contributed by atoms with Crippen molar-refractivity contribution in [3.63, 3.8) is 0 Å². The summed E-state index contributed by atoms with van der Waals surface area (Å²) in [7, 11) is 3.22. The molecule has 4 rings (SSSR count). The average Bonchev–Trinajstić information content (AvgIpc) is 3.28. The van der Waals surface area contributed by atoms with Crippen molar-refractivity contribution in [2.45, 2.75) is 58.0 Å². The molecule has 2 aromatic rings. The summed E-state index contributed by atoms with van der Waals surface area (Å²) in [5.41, 5.74) is 1.48. The molecule has 150 valence electrons. The number of likely N-dealkylation sites (tertiary alicyclic amines) is 1. The number of methoxy groups -OCH3 is 2. The number of nitrogens with zero attached hydrogens (tertiary/aromatic N) is 4. The molecule has 2 aliphatic heterocycles. The van der Waals surface area contributed by atoms with Gasteiger partial charge in [-0.05, 0) is 44.7 Å². The molecule has 1 fully saturated rings. The normalized spacial score (nSPS) is 19.2. The first-order valence-electron chi connectivity index (χ1n) is 10.1. The number of fused-ring (bicyclic) bond motifs is 1. The predicted molar refractivity (Wildman–Crippen MR) is 105 cm³/mol. The largest absolute Gasteiger partial charge is 0.496 e. The maximum Gasteiger partial charge on any atom is 0.254 e. The predicted octanol–water partition coefficient (Wildman–Crippen LogP) is 3.31. The molecule has 0 unspecified atom stereocenters. The van der Waals surface area contributed by atoms with E-state index in [2.05, 4.69) is 14.8 Å². The fourth-order valence-corrected chi connectivity index (χ4v) is 4.41. The van der Waals surface area contributed by atoms with Crippen LogP contribution in [0.4, 0.5) is 0 Å². The number of amides is 1. The lowest BCUT2D eigenvalue weighted by Gasteiger charge is -2.25. The van der Waals surface area contributed by atoms with Gasteiger partial charge in [-0.25, -0.2) is 0 Å². The second-order valence-electron chi connectivity index (χ2n) is 7.60. The number of carbonyl (C=O) groups is 1. The highest BCUT2D eigenvalue weighted by Gasteiger charge is 2.35. The third kappa shape index (κ3) is 3.23. The van der Waals surface area contributed by atoms with Crippen LogP contribution in [0.1, 0.15) is 65.7 Å². The number of rotatable bonds is 4. The van der Waals surface area contributed by atoms with Gasteiger partial charge in [0.2, 0.25) is 0 Å². The summed E-state index contributed by atoms with van der Waals surface area (Å²) >= 11 is 0. The number of hydrogen-bond donors (Lipinski definition) is 0. The van der Waals surface area contributed by atoms with Gasteiger partial charge in [-0.3, -0.25) is 4.79 Å². The summed E-state index contributed by atoms with van der Waals surface area (Å²) in [6.45, 7) is 3.60. The van der Waals surface area contributed by atoms with Crippen LogP contribution in [0.5, 0.6) is 11.5 Å². The monoisotopic (exact) mass is 384 g/mol. The summed E-state index contributed by atoms with van der Waals surface area (Å²) in [6, 6.07) is 3.59. The molecular formula is C21H28N4O3. The average molecular weight is 384 g/mol. The first-order valence-corrected chi connectivity index (χ1v) is 10.1. The van der Waals surface area contributed by atoms with Crippen LogP contribution in [0, 0.1) is 6.92 Å². The Morgan fingerprint density at radius 2 is 1.79 bits per heavy atom. The SMILES string of the molecule is COc1cc(C(=O)N2CCC[C@H]2c2nnc3n2CCCCC3)cc(OC)c1C. The van der Waals surface area contributed by atoms with Crippen LogP contribution in [-0.4, -0.2) is 46.3 Å².